The van der Waals surface area contributed by atoms with E-state index in [1.165, 1.54) is 7.11 Å². The van der Waals surface area contributed by atoms with Crippen LogP contribution in [0, 0.1) is 6.92 Å². The van der Waals surface area contributed by atoms with Crippen LogP contribution in [0.2, 0.25) is 0 Å². The third-order valence-electron chi connectivity index (χ3n) is 3.85. The molecule has 2 aromatic rings. The maximum atomic E-state index is 12.3. The van der Waals surface area contributed by atoms with Crippen molar-refractivity contribution in [1.82, 2.24) is 5.32 Å². The van der Waals surface area contributed by atoms with E-state index in [0.29, 0.717) is 35.1 Å². The number of anilines is 1. The van der Waals surface area contributed by atoms with Crippen molar-refractivity contribution in [3.8, 4) is 17.2 Å². The van der Waals surface area contributed by atoms with E-state index < -0.39 is 0 Å². The highest BCUT2D eigenvalue weighted by atomic mass is 16.5. The number of ether oxygens (including phenoxy) is 3. The Bertz CT molecular complexity index is 820. The summed E-state index contributed by atoms with van der Waals surface area (Å²) in [6.45, 7) is 3.96. The predicted molar refractivity (Wildman–Crippen MR) is 103 cm³/mol. The van der Waals surface area contributed by atoms with Crippen molar-refractivity contribution >= 4 is 17.5 Å². The van der Waals surface area contributed by atoms with Gasteiger partial charge in [-0.3, -0.25) is 9.59 Å². The minimum atomic E-state index is -0.377. The molecular formula is C20H24N2O5. The van der Waals surface area contributed by atoms with Gasteiger partial charge >= 0.3 is 0 Å². The molecule has 0 aliphatic carbocycles. The van der Waals surface area contributed by atoms with Crippen molar-refractivity contribution in [3.05, 3.63) is 47.5 Å². The third kappa shape index (κ3) is 5.13. The van der Waals surface area contributed by atoms with Gasteiger partial charge in [0.2, 0.25) is 5.91 Å². The first-order valence-corrected chi connectivity index (χ1v) is 8.52. The standard InChI is InChI=1S/C20H24N2O5/c1-5-27-16-9-7-6-8-14(16)20(24)21-12-19(23)22-15-11-18(26-4)17(25-3)10-13(15)2/h6-11H,5,12H2,1-4H3,(H,21,24)(H,22,23). The molecule has 0 spiro atoms. The van der Waals surface area contributed by atoms with E-state index in [1.807, 2.05) is 13.8 Å². The lowest BCUT2D eigenvalue weighted by Crippen LogP contribution is -2.33. The van der Waals surface area contributed by atoms with Gasteiger partial charge in [-0.2, -0.15) is 0 Å². The molecule has 0 unspecified atom stereocenters. The number of rotatable bonds is 8. The van der Waals surface area contributed by atoms with Crippen LogP contribution in [-0.2, 0) is 4.79 Å². The summed E-state index contributed by atoms with van der Waals surface area (Å²) in [5.74, 6) is 0.835. The summed E-state index contributed by atoms with van der Waals surface area (Å²) in [7, 11) is 3.07. The largest absolute Gasteiger partial charge is 0.493 e. The lowest BCUT2D eigenvalue weighted by molar-refractivity contribution is -0.115. The number of hydrogen-bond acceptors (Lipinski definition) is 5. The fourth-order valence-electron chi connectivity index (χ4n) is 2.50. The smallest absolute Gasteiger partial charge is 0.255 e. The average molecular weight is 372 g/mol. The van der Waals surface area contributed by atoms with Crippen molar-refractivity contribution in [2.45, 2.75) is 13.8 Å². The topological polar surface area (TPSA) is 85.9 Å². The normalized spacial score (nSPS) is 10.1. The third-order valence-corrected chi connectivity index (χ3v) is 3.85. The first-order valence-electron chi connectivity index (χ1n) is 8.52. The number of para-hydroxylation sites is 1. The molecule has 2 N–H and O–H groups in total. The predicted octanol–water partition coefficient (Wildman–Crippen LogP) is 2.78. The molecule has 7 nitrogen and oxygen atoms in total. The number of aryl methyl sites for hydroxylation is 1. The zero-order valence-electron chi connectivity index (χ0n) is 15.9. The number of methoxy groups -OCH3 is 2. The highest BCUT2D eigenvalue weighted by Gasteiger charge is 2.14. The summed E-state index contributed by atoms with van der Waals surface area (Å²) >= 11 is 0. The van der Waals surface area contributed by atoms with Crippen molar-refractivity contribution < 1.29 is 23.8 Å². The van der Waals surface area contributed by atoms with Crippen LogP contribution in [0.3, 0.4) is 0 Å². The molecule has 0 fully saturated rings. The fraction of sp³-hybridized carbons (Fsp3) is 0.300. The zero-order chi connectivity index (χ0) is 19.8. The van der Waals surface area contributed by atoms with Gasteiger partial charge in [-0.15, -0.1) is 0 Å². The number of hydrogen-bond donors (Lipinski definition) is 2. The average Bonchev–Trinajstić information content (AvgIpc) is 2.68. The highest BCUT2D eigenvalue weighted by molar-refractivity contribution is 6.01. The number of carbonyl (C=O) groups excluding carboxylic acids is 2. The molecule has 2 amide bonds. The Hall–Kier alpha value is -3.22. The van der Waals surface area contributed by atoms with E-state index in [9.17, 15) is 9.59 Å². The van der Waals surface area contributed by atoms with Crippen molar-refractivity contribution in [2.24, 2.45) is 0 Å². The van der Waals surface area contributed by atoms with Gasteiger partial charge in [0.25, 0.3) is 5.91 Å². The van der Waals surface area contributed by atoms with E-state index in [1.54, 1.807) is 43.5 Å². The van der Waals surface area contributed by atoms with E-state index >= 15 is 0 Å². The van der Waals surface area contributed by atoms with Gasteiger partial charge in [-0.1, -0.05) is 12.1 Å². The van der Waals surface area contributed by atoms with Crippen LogP contribution in [0.5, 0.6) is 17.2 Å². The van der Waals surface area contributed by atoms with Gasteiger partial charge in [0, 0.05) is 11.8 Å². The number of benzene rings is 2. The molecule has 2 rings (SSSR count). The monoisotopic (exact) mass is 372 g/mol. The summed E-state index contributed by atoms with van der Waals surface area (Å²) in [6.07, 6.45) is 0. The molecule has 27 heavy (non-hydrogen) atoms. The van der Waals surface area contributed by atoms with Crippen LogP contribution in [0.25, 0.3) is 0 Å². The number of nitrogens with one attached hydrogen (secondary N) is 2. The summed E-state index contributed by atoms with van der Waals surface area (Å²) in [5, 5.41) is 5.36. The van der Waals surface area contributed by atoms with Crippen molar-refractivity contribution in [1.29, 1.82) is 0 Å². The molecule has 0 radical (unpaired) electrons. The molecule has 0 atom stereocenters. The van der Waals surface area contributed by atoms with Gasteiger partial charge in [0.05, 0.1) is 32.9 Å². The van der Waals surface area contributed by atoms with E-state index in [0.717, 1.165) is 5.56 Å². The minimum absolute atomic E-state index is 0.174. The van der Waals surface area contributed by atoms with Gasteiger partial charge < -0.3 is 24.8 Å². The first kappa shape index (κ1) is 20.1. The maximum Gasteiger partial charge on any atom is 0.255 e. The molecule has 0 heterocycles. The summed E-state index contributed by atoms with van der Waals surface area (Å²) in [6, 6.07) is 10.3. The van der Waals surface area contributed by atoms with Gasteiger partial charge in [0.1, 0.15) is 5.75 Å². The maximum absolute atomic E-state index is 12.3. The van der Waals surface area contributed by atoms with Crippen LogP contribution < -0.4 is 24.8 Å². The Balaban J connectivity index is 2.02. The van der Waals surface area contributed by atoms with Crippen molar-refractivity contribution in [3.63, 3.8) is 0 Å². The lowest BCUT2D eigenvalue weighted by Gasteiger charge is -2.14. The van der Waals surface area contributed by atoms with Crippen LogP contribution >= 0.6 is 0 Å². The Labute approximate surface area is 158 Å². The first-order chi connectivity index (χ1) is 13.0. The van der Waals surface area contributed by atoms with E-state index in [-0.39, 0.29) is 18.4 Å². The molecular weight excluding hydrogens is 348 g/mol. The van der Waals surface area contributed by atoms with Crippen LogP contribution in [0.15, 0.2) is 36.4 Å². The molecule has 0 aromatic heterocycles. The van der Waals surface area contributed by atoms with Gasteiger partial charge in [-0.05, 0) is 37.6 Å². The van der Waals surface area contributed by atoms with Gasteiger partial charge in [0.15, 0.2) is 11.5 Å². The molecule has 0 aliphatic rings. The summed E-state index contributed by atoms with van der Waals surface area (Å²) in [4.78, 5) is 24.6. The van der Waals surface area contributed by atoms with Crippen LogP contribution in [0.1, 0.15) is 22.8 Å². The second kappa shape index (κ2) is 9.47. The SMILES string of the molecule is CCOc1ccccc1C(=O)NCC(=O)Nc1cc(OC)c(OC)cc1C. The zero-order valence-corrected chi connectivity index (χ0v) is 15.9. The molecule has 0 aliphatic heterocycles. The van der Waals surface area contributed by atoms with Crippen molar-refractivity contribution in [2.75, 3.05) is 32.7 Å². The molecule has 0 saturated carbocycles. The number of carbonyl (C=O) groups is 2. The molecule has 2 aromatic carbocycles. The van der Waals surface area contributed by atoms with Gasteiger partial charge in [-0.25, -0.2) is 0 Å². The van der Waals surface area contributed by atoms with E-state index in [2.05, 4.69) is 10.6 Å². The fourth-order valence-corrected chi connectivity index (χ4v) is 2.50. The summed E-state index contributed by atoms with van der Waals surface area (Å²) in [5.41, 5.74) is 1.78. The highest BCUT2D eigenvalue weighted by Crippen LogP contribution is 2.32. The molecule has 7 heteroatoms. The van der Waals surface area contributed by atoms with Crippen LogP contribution in [-0.4, -0.2) is 39.2 Å². The minimum Gasteiger partial charge on any atom is -0.493 e. The second-order valence-corrected chi connectivity index (χ2v) is 5.68. The van der Waals surface area contributed by atoms with Crippen LogP contribution in [0.4, 0.5) is 5.69 Å². The molecule has 0 bridgehead atoms. The quantitative estimate of drug-likeness (QED) is 0.744. The molecule has 0 saturated heterocycles. The molecule has 144 valence electrons. The van der Waals surface area contributed by atoms with E-state index in [4.69, 9.17) is 14.2 Å². The summed E-state index contributed by atoms with van der Waals surface area (Å²) < 4.78 is 15.9. The number of amides is 2. The second-order valence-electron chi connectivity index (χ2n) is 5.68. The lowest BCUT2D eigenvalue weighted by atomic mass is 10.1. The Kier molecular flexibility index (Phi) is 7.05. The Morgan fingerprint density at radius 1 is 1.00 bits per heavy atom. The Morgan fingerprint density at radius 2 is 1.67 bits per heavy atom. The Morgan fingerprint density at radius 3 is 2.33 bits per heavy atom.